The van der Waals surface area contributed by atoms with E-state index in [2.05, 4.69) is 19.3 Å². The predicted octanol–water partition coefficient (Wildman–Crippen LogP) is 2.21. The largest absolute Gasteiger partial charge is 0.377 e. The highest BCUT2D eigenvalue weighted by Gasteiger charge is 2.36. The molecule has 1 atom stereocenters. The molecule has 1 aliphatic carbocycles. The lowest BCUT2D eigenvalue weighted by Gasteiger charge is -2.38. The fraction of sp³-hybridized carbons (Fsp3) is 1.00. The van der Waals surface area contributed by atoms with E-state index in [4.69, 9.17) is 10.6 Å². The Balaban J connectivity index is 2.50. The number of methoxy groups -OCH3 is 1. The molecule has 0 amide bonds. The number of nitrogens with two attached hydrogens (primary N) is 1. The highest BCUT2D eigenvalue weighted by atomic mass is 16.5. The maximum atomic E-state index is 5.70. The Hall–Kier alpha value is -0.120. The monoisotopic (exact) mass is 214 g/mol. The van der Waals surface area contributed by atoms with Crippen LogP contribution in [0, 0.1) is 5.92 Å². The van der Waals surface area contributed by atoms with Gasteiger partial charge in [0.05, 0.1) is 11.6 Å². The first-order valence-electron chi connectivity index (χ1n) is 6.23. The number of hydrazine groups is 1. The first-order valence-corrected chi connectivity index (χ1v) is 6.23. The second-order valence-electron chi connectivity index (χ2n) is 4.72. The van der Waals surface area contributed by atoms with E-state index < -0.39 is 0 Å². The van der Waals surface area contributed by atoms with E-state index in [1.807, 2.05) is 0 Å². The van der Waals surface area contributed by atoms with Gasteiger partial charge in [-0.25, -0.2) is 0 Å². The molecule has 0 aromatic carbocycles. The van der Waals surface area contributed by atoms with Crippen molar-refractivity contribution in [2.24, 2.45) is 11.8 Å². The van der Waals surface area contributed by atoms with E-state index >= 15 is 0 Å². The lowest BCUT2D eigenvalue weighted by Crippen LogP contribution is -2.54. The van der Waals surface area contributed by atoms with E-state index in [1.54, 1.807) is 7.11 Å². The lowest BCUT2D eigenvalue weighted by atomic mass is 9.85. The van der Waals surface area contributed by atoms with Gasteiger partial charge in [-0.3, -0.25) is 11.3 Å². The Bertz CT molecular complexity index is 168. The number of ether oxygens (including phenoxy) is 1. The molecule has 0 spiro atoms. The van der Waals surface area contributed by atoms with Gasteiger partial charge < -0.3 is 4.74 Å². The number of hydrogen-bond acceptors (Lipinski definition) is 3. The van der Waals surface area contributed by atoms with Crippen molar-refractivity contribution in [1.82, 2.24) is 5.43 Å². The number of hydrogen-bond donors (Lipinski definition) is 2. The fourth-order valence-electron chi connectivity index (χ4n) is 2.48. The molecule has 1 saturated carbocycles. The van der Waals surface area contributed by atoms with Crippen LogP contribution in [0.1, 0.15) is 52.4 Å². The van der Waals surface area contributed by atoms with E-state index in [9.17, 15) is 0 Å². The third-order valence-corrected chi connectivity index (χ3v) is 4.00. The molecule has 3 heteroatoms. The minimum Gasteiger partial charge on any atom is -0.377 e. The van der Waals surface area contributed by atoms with Crippen molar-refractivity contribution in [2.75, 3.05) is 7.11 Å². The van der Waals surface area contributed by atoms with E-state index in [1.165, 1.54) is 19.3 Å². The molecule has 3 N–H and O–H groups in total. The zero-order valence-electron chi connectivity index (χ0n) is 10.4. The number of nitrogens with one attached hydrogen (secondary N) is 1. The highest BCUT2D eigenvalue weighted by Crippen LogP contribution is 2.36. The molecule has 0 aromatic heterocycles. The second kappa shape index (κ2) is 5.83. The summed E-state index contributed by atoms with van der Waals surface area (Å²) in [6.07, 6.45) is 7.28. The van der Waals surface area contributed by atoms with Crippen LogP contribution in [-0.2, 0) is 4.74 Å². The first kappa shape index (κ1) is 12.9. The van der Waals surface area contributed by atoms with Gasteiger partial charge in [0.2, 0.25) is 0 Å². The van der Waals surface area contributed by atoms with Gasteiger partial charge in [-0.1, -0.05) is 26.7 Å². The zero-order chi connectivity index (χ0) is 11.3. The topological polar surface area (TPSA) is 47.3 Å². The van der Waals surface area contributed by atoms with Gasteiger partial charge in [0.15, 0.2) is 0 Å². The molecule has 0 aliphatic heterocycles. The van der Waals surface area contributed by atoms with Crippen LogP contribution in [0.3, 0.4) is 0 Å². The molecular formula is C12H26N2O. The zero-order valence-corrected chi connectivity index (χ0v) is 10.4. The van der Waals surface area contributed by atoms with Crippen LogP contribution in [0.25, 0.3) is 0 Å². The summed E-state index contributed by atoms with van der Waals surface area (Å²) in [6, 6.07) is 0.290. The van der Waals surface area contributed by atoms with Crippen LogP contribution in [0.2, 0.25) is 0 Å². The molecule has 0 bridgehead atoms. The molecule has 0 aromatic rings. The minimum atomic E-state index is -0.0797. The van der Waals surface area contributed by atoms with Gasteiger partial charge >= 0.3 is 0 Å². The Kier molecular flexibility index (Phi) is 5.03. The van der Waals surface area contributed by atoms with Gasteiger partial charge in [0.1, 0.15) is 0 Å². The summed E-state index contributed by atoms with van der Waals surface area (Å²) >= 11 is 0. The maximum Gasteiger partial charge on any atom is 0.0839 e. The van der Waals surface area contributed by atoms with Gasteiger partial charge in [-0.2, -0.15) is 0 Å². The van der Waals surface area contributed by atoms with Crippen molar-refractivity contribution in [2.45, 2.75) is 64.0 Å². The van der Waals surface area contributed by atoms with Crippen LogP contribution in [0.4, 0.5) is 0 Å². The molecule has 1 rings (SSSR count). The van der Waals surface area contributed by atoms with Crippen molar-refractivity contribution in [1.29, 1.82) is 0 Å². The summed E-state index contributed by atoms with van der Waals surface area (Å²) < 4.78 is 5.70. The average Bonchev–Trinajstić information content (AvgIpc) is 3.09. The molecule has 0 radical (unpaired) electrons. The first-order chi connectivity index (χ1) is 7.22. The molecule has 15 heavy (non-hydrogen) atoms. The van der Waals surface area contributed by atoms with E-state index in [0.29, 0.717) is 0 Å². The third-order valence-electron chi connectivity index (χ3n) is 4.00. The fourth-order valence-corrected chi connectivity index (χ4v) is 2.48. The van der Waals surface area contributed by atoms with Gasteiger partial charge in [-0.05, 0) is 31.6 Å². The molecule has 1 unspecified atom stereocenters. The summed E-state index contributed by atoms with van der Waals surface area (Å²) in [7, 11) is 1.80. The Labute approximate surface area is 93.7 Å². The highest BCUT2D eigenvalue weighted by molar-refractivity contribution is 4.91. The molecular weight excluding hydrogens is 188 g/mol. The molecule has 90 valence electrons. The minimum absolute atomic E-state index is 0.0797. The summed E-state index contributed by atoms with van der Waals surface area (Å²) in [5.74, 6) is 6.62. The summed E-state index contributed by atoms with van der Waals surface area (Å²) in [4.78, 5) is 0. The van der Waals surface area contributed by atoms with Crippen molar-refractivity contribution in [3.05, 3.63) is 0 Å². The van der Waals surface area contributed by atoms with Crippen LogP contribution in [-0.4, -0.2) is 18.8 Å². The van der Waals surface area contributed by atoms with Crippen molar-refractivity contribution in [3.63, 3.8) is 0 Å². The lowest BCUT2D eigenvalue weighted by molar-refractivity contribution is -0.0501. The Morgan fingerprint density at radius 1 is 1.40 bits per heavy atom. The summed E-state index contributed by atoms with van der Waals surface area (Å²) in [6.45, 7) is 4.35. The van der Waals surface area contributed by atoms with Crippen LogP contribution >= 0.6 is 0 Å². The Morgan fingerprint density at radius 3 is 2.33 bits per heavy atom. The van der Waals surface area contributed by atoms with Gasteiger partial charge in [0, 0.05) is 7.11 Å². The van der Waals surface area contributed by atoms with Crippen molar-refractivity contribution >= 4 is 0 Å². The van der Waals surface area contributed by atoms with Crippen LogP contribution in [0.15, 0.2) is 0 Å². The molecule has 0 saturated heterocycles. The maximum absolute atomic E-state index is 5.70. The summed E-state index contributed by atoms with van der Waals surface area (Å²) in [5.41, 5.74) is 2.87. The normalized spacial score (nSPS) is 19.2. The average molecular weight is 214 g/mol. The predicted molar refractivity (Wildman–Crippen MR) is 63.4 cm³/mol. The Morgan fingerprint density at radius 2 is 2.00 bits per heavy atom. The van der Waals surface area contributed by atoms with E-state index in [0.717, 1.165) is 25.2 Å². The molecule has 3 nitrogen and oxygen atoms in total. The van der Waals surface area contributed by atoms with Crippen molar-refractivity contribution in [3.8, 4) is 0 Å². The smallest absolute Gasteiger partial charge is 0.0839 e. The van der Waals surface area contributed by atoms with Crippen LogP contribution in [0.5, 0.6) is 0 Å². The second-order valence-corrected chi connectivity index (χ2v) is 4.72. The standard InChI is InChI=1S/C12H26N2O/c1-4-12(5-2,15-3)11(14-13)9-8-10-6-7-10/h10-11,14H,4-9,13H2,1-3H3. The molecule has 1 fully saturated rings. The van der Waals surface area contributed by atoms with Crippen molar-refractivity contribution < 1.29 is 4.74 Å². The quantitative estimate of drug-likeness (QED) is 0.481. The van der Waals surface area contributed by atoms with Crippen LogP contribution < -0.4 is 11.3 Å². The van der Waals surface area contributed by atoms with Gasteiger partial charge in [0.25, 0.3) is 0 Å². The molecule has 1 aliphatic rings. The summed E-state index contributed by atoms with van der Waals surface area (Å²) in [5, 5.41) is 0. The van der Waals surface area contributed by atoms with Gasteiger partial charge in [-0.15, -0.1) is 0 Å². The third kappa shape index (κ3) is 3.16. The SMILES string of the molecule is CCC(CC)(OC)C(CCC1CC1)NN. The van der Waals surface area contributed by atoms with E-state index in [-0.39, 0.29) is 11.6 Å². The molecule has 0 heterocycles. The number of rotatable bonds is 8.